The summed E-state index contributed by atoms with van der Waals surface area (Å²) in [5, 5.41) is 12.0. The summed E-state index contributed by atoms with van der Waals surface area (Å²) in [6.07, 6.45) is 0.282. The first-order chi connectivity index (χ1) is 7.65. The number of ether oxygens (including phenoxy) is 1. The molecule has 1 amide bonds. The van der Waals surface area contributed by atoms with Gasteiger partial charge in [-0.1, -0.05) is 30.9 Å². The van der Waals surface area contributed by atoms with E-state index in [4.69, 9.17) is 4.74 Å². The molecule has 16 heavy (non-hydrogen) atoms. The summed E-state index contributed by atoms with van der Waals surface area (Å²) in [6, 6.07) is 7.02. The Balaban J connectivity index is 2.72. The molecule has 1 aromatic rings. The summed E-state index contributed by atoms with van der Waals surface area (Å²) in [5.74, 6) is 0. The van der Waals surface area contributed by atoms with E-state index in [0.717, 1.165) is 0 Å². The van der Waals surface area contributed by atoms with Crippen molar-refractivity contribution in [2.24, 2.45) is 0 Å². The number of rotatable bonds is 4. The number of amides is 1. The average molecular weight is 221 g/mol. The fraction of sp³-hybridized carbons (Fsp3) is 0.250. The second-order valence-corrected chi connectivity index (χ2v) is 3.28. The highest BCUT2D eigenvalue weighted by molar-refractivity contribution is 5.85. The smallest absolute Gasteiger partial charge is 0.411 e. The minimum Gasteiger partial charge on any atom is -0.445 e. The third kappa shape index (κ3) is 3.40. The van der Waals surface area contributed by atoms with Gasteiger partial charge in [-0.2, -0.15) is 0 Å². The number of para-hydroxylation sites is 1. The molecule has 2 N–H and O–H groups in total. The highest BCUT2D eigenvalue weighted by Gasteiger charge is 2.09. The predicted molar refractivity (Wildman–Crippen MR) is 62.2 cm³/mol. The van der Waals surface area contributed by atoms with Crippen LogP contribution in [0.4, 0.5) is 10.5 Å². The maximum Gasteiger partial charge on any atom is 0.411 e. The molecule has 4 heteroatoms. The van der Waals surface area contributed by atoms with Crippen molar-refractivity contribution < 1.29 is 14.6 Å². The molecule has 1 rings (SSSR count). The second-order valence-electron chi connectivity index (χ2n) is 3.28. The summed E-state index contributed by atoms with van der Waals surface area (Å²) >= 11 is 0. The lowest BCUT2D eigenvalue weighted by molar-refractivity contribution is 0.174. The lowest BCUT2D eigenvalue weighted by atomic mass is 10.1. The second kappa shape index (κ2) is 5.92. The van der Waals surface area contributed by atoms with Crippen molar-refractivity contribution in [2.75, 3.05) is 11.9 Å². The molecular weight excluding hydrogens is 206 g/mol. The number of carbonyl (C=O) groups excluding carboxylic acids is 1. The Hall–Kier alpha value is -1.81. The van der Waals surface area contributed by atoms with E-state index >= 15 is 0 Å². The summed E-state index contributed by atoms with van der Waals surface area (Å²) < 4.78 is 4.78. The lowest BCUT2D eigenvalue weighted by Gasteiger charge is -2.12. The number of nitrogens with one attached hydrogen (secondary N) is 1. The van der Waals surface area contributed by atoms with Crippen molar-refractivity contribution in [1.82, 2.24) is 0 Å². The van der Waals surface area contributed by atoms with Crippen LogP contribution < -0.4 is 5.32 Å². The van der Waals surface area contributed by atoms with Gasteiger partial charge in [0.2, 0.25) is 0 Å². The fourth-order valence-corrected chi connectivity index (χ4v) is 1.26. The third-order valence-corrected chi connectivity index (χ3v) is 1.98. The summed E-state index contributed by atoms with van der Waals surface area (Å²) in [5.41, 5.74) is 1.20. The number of aliphatic hydroxyl groups excluding tert-OH is 1. The first-order valence-electron chi connectivity index (χ1n) is 4.96. The predicted octanol–water partition coefficient (Wildman–Crippen LogP) is 2.47. The molecule has 0 aliphatic carbocycles. The molecule has 0 saturated carbocycles. The van der Waals surface area contributed by atoms with Gasteiger partial charge in [-0.05, 0) is 13.0 Å². The van der Waals surface area contributed by atoms with Crippen LogP contribution in [0.1, 0.15) is 18.6 Å². The van der Waals surface area contributed by atoms with Crippen molar-refractivity contribution in [3.8, 4) is 0 Å². The van der Waals surface area contributed by atoms with E-state index in [-0.39, 0.29) is 6.61 Å². The van der Waals surface area contributed by atoms with E-state index in [9.17, 15) is 9.90 Å². The normalized spacial score (nSPS) is 11.6. The fourth-order valence-electron chi connectivity index (χ4n) is 1.26. The van der Waals surface area contributed by atoms with Gasteiger partial charge < -0.3 is 9.84 Å². The Morgan fingerprint density at radius 3 is 2.94 bits per heavy atom. The Bertz CT molecular complexity index is 374. The van der Waals surface area contributed by atoms with Crippen molar-refractivity contribution in [3.63, 3.8) is 0 Å². The van der Waals surface area contributed by atoms with Crippen LogP contribution >= 0.6 is 0 Å². The van der Waals surface area contributed by atoms with Crippen LogP contribution in [0.15, 0.2) is 36.9 Å². The number of hydrogen-bond acceptors (Lipinski definition) is 3. The van der Waals surface area contributed by atoms with E-state index in [1.165, 1.54) is 6.08 Å². The first-order valence-corrected chi connectivity index (χ1v) is 4.96. The monoisotopic (exact) mass is 221 g/mol. The summed E-state index contributed by atoms with van der Waals surface area (Å²) in [6.45, 7) is 5.23. The van der Waals surface area contributed by atoms with Crippen molar-refractivity contribution in [1.29, 1.82) is 0 Å². The molecule has 0 saturated heterocycles. The molecule has 1 aromatic carbocycles. The zero-order valence-corrected chi connectivity index (χ0v) is 9.14. The maximum atomic E-state index is 11.3. The lowest BCUT2D eigenvalue weighted by Crippen LogP contribution is -2.15. The average Bonchev–Trinajstić information content (AvgIpc) is 2.27. The van der Waals surface area contributed by atoms with Crippen molar-refractivity contribution in [3.05, 3.63) is 42.5 Å². The minimum atomic E-state index is -0.643. The van der Waals surface area contributed by atoms with Crippen LogP contribution in [0.25, 0.3) is 0 Å². The van der Waals surface area contributed by atoms with Gasteiger partial charge in [0, 0.05) is 11.3 Å². The largest absolute Gasteiger partial charge is 0.445 e. The molecule has 0 aliphatic rings. The molecule has 1 atom stereocenters. The van der Waals surface area contributed by atoms with Crippen molar-refractivity contribution in [2.45, 2.75) is 13.0 Å². The Morgan fingerprint density at radius 1 is 1.62 bits per heavy atom. The van der Waals surface area contributed by atoms with E-state index in [2.05, 4.69) is 11.9 Å². The summed E-state index contributed by atoms with van der Waals surface area (Å²) in [4.78, 5) is 11.3. The molecular formula is C12H15NO3. The van der Waals surface area contributed by atoms with Gasteiger partial charge in [0.1, 0.15) is 6.61 Å². The van der Waals surface area contributed by atoms with Gasteiger partial charge in [0.25, 0.3) is 0 Å². The van der Waals surface area contributed by atoms with Gasteiger partial charge in [0.05, 0.1) is 6.10 Å². The molecule has 1 unspecified atom stereocenters. The molecule has 4 nitrogen and oxygen atoms in total. The van der Waals surface area contributed by atoms with Gasteiger partial charge in [-0.25, -0.2) is 4.79 Å². The van der Waals surface area contributed by atoms with E-state index in [0.29, 0.717) is 11.3 Å². The standard InChI is InChI=1S/C12H15NO3/c1-3-8-16-12(15)13-11-7-5-4-6-10(11)9(2)14/h3-7,9,14H,1,8H2,2H3,(H,13,15). The number of aliphatic hydroxyl groups is 1. The highest BCUT2D eigenvalue weighted by Crippen LogP contribution is 2.22. The van der Waals surface area contributed by atoms with Crippen LogP contribution in [0, 0.1) is 0 Å². The van der Waals surface area contributed by atoms with E-state index in [1.54, 1.807) is 31.2 Å². The van der Waals surface area contributed by atoms with Crippen LogP contribution in [0.2, 0.25) is 0 Å². The van der Waals surface area contributed by atoms with E-state index < -0.39 is 12.2 Å². The van der Waals surface area contributed by atoms with Crippen molar-refractivity contribution >= 4 is 11.8 Å². The number of hydrogen-bond donors (Lipinski definition) is 2. The topological polar surface area (TPSA) is 58.6 Å². The molecule has 0 aromatic heterocycles. The number of anilines is 1. The SMILES string of the molecule is C=CCOC(=O)Nc1ccccc1C(C)O. The molecule has 0 aliphatic heterocycles. The van der Waals surface area contributed by atoms with Crippen LogP contribution in [0.5, 0.6) is 0 Å². The third-order valence-electron chi connectivity index (χ3n) is 1.98. The molecule has 0 spiro atoms. The van der Waals surface area contributed by atoms with Gasteiger partial charge >= 0.3 is 6.09 Å². The Labute approximate surface area is 94.6 Å². The quantitative estimate of drug-likeness (QED) is 0.768. The number of benzene rings is 1. The van der Waals surface area contributed by atoms with Crippen LogP contribution in [0.3, 0.4) is 0 Å². The first kappa shape index (κ1) is 12.3. The van der Waals surface area contributed by atoms with Gasteiger partial charge in [-0.15, -0.1) is 0 Å². The van der Waals surface area contributed by atoms with Gasteiger partial charge in [0.15, 0.2) is 0 Å². The Kier molecular flexibility index (Phi) is 4.54. The molecule has 0 heterocycles. The highest BCUT2D eigenvalue weighted by atomic mass is 16.5. The van der Waals surface area contributed by atoms with Crippen LogP contribution in [-0.4, -0.2) is 17.8 Å². The van der Waals surface area contributed by atoms with E-state index in [1.807, 2.05) is 0 Å². The minimum absolute atomic E-state index is 0.155. The van der Waals surface area contributed by atoms with Gasteiger partial charge in [-0.3, -0.25) is 5.32 Å². The molecule has 86 valence electrons. The molecule has 0 bridgehead atoms. The maximum absolute atomic E-state index is 11.3. The zero-order valence-electron chi connectivity index (χ0n) is 9.14. The molecule has 0 radical (unpaired) electrons. The summed E-state index contributed by atoms with van der Waals surface area (Å²) in [7, 11) is 0. The van der Waals surface area contributed by atoms with Crippen LogP contribution in [-0.2, 0) is 4.74 Å². The number of carbonyl (C=O) groups is 1. The zero-order chi connectivity index (χ0) is 12.0. The molecule has 0 fully saturated rings. The Morgan fingerprint density at radius 2 is 2.31 bits per heavy atom.